The number of halogens is 1. The summed E-state index contributed by atoms with van der Waals surface area (Å²) in [5.41, 5.74) is 5.46. The topological polar surface area (TPSA) is 12.0 Å². The zero-order valence-corrected chi connectivity index (χ0v) is 11.0. The number of aryl methyl sites for hydroxylation is 1. The minimum absolute atomic E-state index is 0.154. The van der Waals surface area contributed by atoms with Crippen LogP contribution < -0.4 is 5.32 Å². The third kappa shape index (κ3) is 2.44. The fourth-order valence-electron chi connectivity index (χ4n) is 2.13. The molecule has 18 heavy (non-hydrogen) atoms. The summed E-state index contributed by atoms with van der Waals surface area (Å²) in [5, 5.41) is 2.99. The van der Waals surface area contributed by atoms with Gasteiger partial charge in [-0.25, -0.2) is 4.39 Å². The molecule has 0 bridgehead atoms. The van der Waals surface area contributed by atoms with Gasteiger partial charge in [0.05, 0.1) is 0 Å². The lowest BCUT2D eigenvalue weighted by molar-refractivity contribution is 0.601. The zero-order valence-electron chi connectivity index (χ0n) is 11.0. The minimum atomic E-state index is -0.154. The molecule has 0 aliphatic rings. The SMILES string of the molecule is CNCc1cc(-c2cccc(C)c2C)ccc1F. The monoisotopic (exact) mass is 243 g/mol. The molecule has 94 valence electrons. The smallest absolute Gasteiger partial charge is 0.127 e. The molecule has 2 aromatic rings. The van der Waals surface area contributed by atoms with Crippen LogP contribution in [0.2, 0.25) is 0 Å². The molecular formula is C16H18FN. The van der Waals surface area contributed by atoms with E-state index in [1.165, 1.54) is 16.7 Å². The molecule has 0 aliphatic heterocycles. The van der Waals surface area contributed by atoms with Gasteiger partial charge in [-0.3, -0.25) is 0 Å². The van der Waals surface area contributed by atoms with E-state index in [1.54, 1.807) is 6.07 Å². The number of benzene rings is 2. The van der Waals surface area contributed by atoms with Crippen molar-refractivity contribution in [3.8, 4) is 11.1 Å². The van der Waals surface area contributed by atoms with Crippen LogP contribution >= 0.6 is 0 Å². The number of hydrogen-bond acceptors (Lipinski definition) is 1. The van der Waals surface area contributed by atoms with Crippen LogP contribution in [0.3, 0.4) is 0 Å². The fraction of sp³-hybridized carbons (Fsp3) is 0.250. The Labute approximate surface area is 108 Å². The second-order valence-corrected chi connectivity index (χ2v) is 4.58. The molecule has 0 heterocycles. The van der Waals surface area contributed by atoms with Crippen LogP contribution in [-0.2, 0) is 6.54 Å². The Morgan fingerprint density at radius 1 is 1.11 bits per heavy atom. The minimum Gasteiger partial charge on any atom is -0.316 e. The molecule has 0 aromatic heterocycles. The Hall–Kier alpha value is -1.67. The standard InChI is InChI=1S/C16H18FN/c1-11-5-4-6-15(12(11)2)13-7-8-16(17)14(9-13)10-18-3/h4-9,18H,10H2,1-3H3. The first kappa shape index (κ1) is 12.8. The van der Waals surface area contributed by atoms with Gasteiger partial charge in [-0.15, -0.1) is 0 Å². The van der Waals surface area contributed by atoms with Gasteiger partial charge in [-0.05, 0) is 55.3 Å². The zero-order chi connectivity index (χ0) is 13.1. The van der Waals surface area contributed by atoms with Crippen molar-refractivity contribution < 1.29 is 4.39 Å². The Morgan fingerprint density at radius 2 is 1.89 bits per heavy atom. The first-order valence-corrected chi connectivity index (χ1v) is 6.13. The van der Waals surface area contributed by atoms with Crippen molar-refractivity contribution in [2.45, 2.75) is 20.4 Å². The van der Waals surface area contributed by atoms with E-state index in [-0.39, 0.29) is 5.82 Å². The third-order valence-electron chi connectivity index (χ3n) is 3.33. The van der Waals surface area contributed by atoms with Crippen LogP contribution in [0.1, 0.15) is 16.7 Å². The van der Waals surface area contributed by atoms with E-state index in [2.05, 4.69) is 31.3 Å². The average molecular weight is 243 g/mol. The molecule has 0 saturated heterocycles. The molecule has 1 N–H and O–H groups in total. The molecule has 0 aliphatic carbocycles. The summed E-state index contributed by atoms with van der Waals surface area (Å²) in [6, 6.07) is 11.5. The molecule has 0 radical (unpaired) electrons. The first-order chi connectivity index (χ1) is 8.63. The van der Waals surface area contributed by atoms with E-state index in [0.29, 0.717) is 12.1 Å². The number of hydrogen-bond donors (Lipinski definition) is 1. The predicted octanol–water partition coefficient (Wildman–Crippen LogP) is 3.83. The van der Waals surface area contributed by atoms with E-state index >= 15 is 0 Å². The van der Waals surface area contributed by atoms with Crippen molar-refractivity contribution in [3.63, 3.8) is 0 Å². The van der Waals surface area contributed by atoms with E-state index in [1.807, 2.05) is 25.2 Å². The van der Waals surface area contributed by atoms with Gasteiger partial charge in [0, 0.05) is 12.1 Å². The summed E-state index contributed by atoms with van der Waals surface area (Å²) in [6.07, 6.45) is 0. The molecule has 2 aromatic carbocycles. The van der Waals surface area contributed by atoms with E-state index < -0.39 is 0 Å². The normalized spacial score (nSPS) is 10.7. The largest absolute Gasteiger partial charge is 0.316 e. The van der Waals surface area contributed by atoms with Gasteiger partial charge in [0.15, 0.2) is 0 Å². The van der Waals surface area contributed by atoms with E-state index in [0.717, 1.165) is 5.56 Å². The third-order valence-corrected chi connectivity index (χ3v) is 3.33. The van der Waals surface area contributed by atoms with Crippen molar-refractivity contribution in [2.24, 2.45) is 0 Å². The van der Waals surface area contributed by atoms with Crippen LogP contribution in [0.25, 0.3) is 11.1 Å². The lowest BCUT2D eigenvalue weighted by Gasteiger charge is -2.11. The number of rotatable bonds is 3. The van der Waals surface area contributed by atoms with Gasteiger partial charge in [0.25, 0.3) is 0 Å². The number of nitrogens with one attached hydrogen (secondary N) is 1. The predicted molar refractivity (Wildman–Crippen MR) is 74.1 cm³/mol. The van der Waals surface area contributed by atoms with E-state index in [9.17, 15) is 4.39 Å². The van der Waals surface area contributed by atoms with Gasteiger partial charge in [0.1, 0.15) is 5.82 Å². The summed E-state index contributed by atoms with van der Waals surface area (Å²) >= 11 is 0. The molecule has 0 fully saturated rings. The molecule has 2 rings (SSSR count). The molecule has 0 spiro atoms. The van der Waals surface area contributed by atoms with Crippen LogP contribution in [0.5, 0.6) is 0 Å². The highest BCUT2D eigenvalue weighted by molar-refractivity contribution is 5.69. The van der Waals surface area contributed by atoms with Gasteiger partial charge in [-0.2, -0.15) is 0 Å². The highest BCUT2D eigenvalue weighted by atomic mass is 19.1. The maximum atomic E-state index is 13.6. The maximum Gasteiger partial charge on any atom is 0.127 e. The van der Waals surface area contributed by atoms with E-state index in [4.69, 9.17) is 0 Å². The molecular weight excluding hydrogens is 225 g/mol. The Kier molecular flexibility index (Phi) is 3.78. The van der Waals surface area contributed by atoms with Gasteiger partial charge >= 0.3 is 0 Å². The van der Waals surface area contributed by atoms with Crippen LogP contribution in [-0.4, -0.2) is 7.05 Å². The molecule has 0 atom stereocenters. The summed E-state index contributed by atoms with van der Waals surface area (Å²) in [7, 11) is 1.82. The highest BCUT2D eigenvalue weighted by Gasteiger charge is 2.07. The molecule has 0 amide bonds. The van der Waals surface area contributed by atoms with Gasteiger partial charge in [0.2, 0.25) is 0 Å². The van der Waals surface area contributed by atoms with Crippen LogP contribution in [0.15, 0.2) is 36.4 Å². The fourth-order valence-corrected chi connectivity index (χ4v) is 2.13. The van der Waals surface area contributed by atoms with Crippen molar-refractivity contribution in [2.75, 3.05) is 7.05 Å². The Morgan fingerprint density at radius 3 is 2.61 bits per heavy atom. The average Bonchev–Trinajstić information content (AvgIpc) is 2.36. The molecule has 0 saturated carbocycles. The summed E-state index contributed by atoms with van der Waals surface area (Å²) in [6.45, 7) is 4.74. The summed E-state index contributed by atoms with van der Waals surface area (Å²) in [5.74, 6) is -0.154. The summed E-state index contributed by atoms with van der Waals surface area (Å²) < 4.78 is 13.6. The van der Waals surface area contributed by atoms with Gasteiger partial charge < -0.3 is 5.32 Å². The molecule has 1 nitrogen and oxygen atoms in total. The lowest BCUT2D eigenvalue weighted by atomic mass is 9.96. The Bertz CT molecular complexity index is 561. The quantitative estimate of drug-likeness (QED) is 0.864. The summed E-state index contributed by atoms with van der Waals surface area (Å²) in [4.78, 5) is 0. The van der Waals surface area contributed by atoms with Crippen molar-refractivity contribution >= 4 is 0 Å². The second-order valence-electron chi connectivity index (χ2n) is 4.58. The second kappa shape index (κ2) is 5.32. The van der Waals surface area contributed by atoms with Crippen molar-refractivity contribution in [3.05, 3.63) is 58.9 Å². The van der Waals surface area contributed by atoms with Crippen molar-refractivity contribution in [1.82, 2.24) is 5.32 Å². The lowest BCUT2D eigenvalue weighted by Crippen LogP contribution is -2.07. The van der Waals surface area contributed by atoms with Gasteiger partial charge in [-0.1, -0.05) is 24.3 Å². The first-order valence-electron chi connectivity index (χ1n) is 6.13. The molecule has 2 heteroatoms. The van der Waals surface area contributed by atoms with Crippen molar-refractivity contribution in [1.29, 1.82) is 0 Å². The highest BCUT2D eigenvalue weighted by Crippen LogP contribution is 2.27. The molecule has 0 unspecified atom stereocenters. The maximum absolute atomic E-state index is 13.6. The van der Waals surface area contributed by atoms with Crippen LogP contribution in [0, 0.1) is 19.7 Å². The van der Waals surface area contributed by atoms with Crippen LogP contribution in [0.4, 0.5) is 4.39 Å². The Balaban J connectivity index is 2.51.